The van der Waals surface area contributed by atoms with E-state index in [1.807, 2.05) is 20.0 Å². The van der Waals surface area contributed by atoms with Crippen molar-refractivity contribution in [1.29, 1.82) is 5.26 Å². The number of carbonyl (C=O) groups is 3. The predicted molar refractivity (Wildman–Crippen MR) is 213 cm³/mol. The smallest absolute Gasteiger partial charge is 0.415 e. The first-order valence-corrected chi connectivity index (χ1v) is 20.6. The number of carbonyl (C=O) groups excluding carboxylic acids is 3. The van der Waals surface area contributed by atoms with Crippen molar-refractivity contribution in [3.63, 3.8) is 0 Å². The SMILES string of the molecule is C=COC(=O)N1CCc2cc(O)c(OC)cc2[C@@]12CS[C@@H]1c3c(OC(C)=O)c(C)c4c(c3[C@@H](COC2=O)N2C1[C@H]1c3c(cc(C)c(OC)c3O)C[C@H]([C@@H]2C#N)N1C)OCO4. The van der Waals surface area contributed by atoms with Gasteiger partial charge >= 0.3 is 18.0 Å². The first-order chi connectivity index (χ1) is 28.8. The lowest BCUT2D eigenvalue weighted by Gasteiger charge is -2.62. The lowest BCUT2D eigenvalue weighted by Crippen LogP contribution is -2.69. The summed E-state index contributed by atoms with van der Waals surface area (Å²) >= 11 is 1.31. The minimum atomic E-state index is -1.86. The van der Waals surface area contributed by atoms with Crippen LogP contribution in [0, 0.1) is 25.2 Å². The fourth-order valence-electron chi connectivity index (χ4n) is 10.7. The number of phenols is 2. The number of piperazine rings is 1. The number of nitrogens with zero attached hydrogens (tertiary/aromatic N) is 4. The predicted octanol–water partition coefficient (Wildman–Crippen LogP) is 4.98. The van der Waals surface area contributed by atoms with Crippen LogP contribution in [0.3, 0.4) is 0 Å². The summed E-state index contributed by atoms with van der Waals surface area (Å²) in [5, 5.41) is 33.5. The molecule has 17 heteroatoms. The van der Waals surface area contributed by atoms with Crippen molar-refractivity contribution in [1.82, 2.24) is 14.7 Å². The maximum Gasteiger partial charge on any atom is 0.415 e. The van der Waals surface area contributed by atoms with Crippen LogP contribution in [0.15, 0.2) is 31.0 Å². The molecular weight excluding hydrogens is 797 g/mol. The highest BCUT2D eigenvalue weighted by atomic mass is 32.2. The summed E-state index contributed by atoms with van der Waals surface area (Å²) < 4.78 is 41.5. The zero-order chi connectivity index (χ0) is 42.5. The minimum Gasteiger partial charge on any atom is -0.504 e. The third-order valence-electron chi connectivity index (χ3n) is 13.1. The van der Waals surface area contributed by atoms with Crippen LogP contribution in [0.25, 0.3) is 0 Å². The fraction of sp³-hybridized carbons (Fsp3) is 0.442. The second-order valence-corrected chi connectivity index (χ2v) is 17.0. The molecule has 0 saturated carbocycles. The van der Waals surface area contributed by atoms with E-state index in [-0.39, 0.29) is 61.2 Å². The maximum absolute atomic E-state index is 15.3. The first-order valence-electron chi connectivity index (χ1n) is 19.5. The minimum absolute atomic E-state index is 0.0156. The molecule has 7 aliphatic heterocycles. The first kappa shape index (κ1) is 39.6. The van der Waals surface area contributed by atoms with Gasteiger partial charge in [0.15, 0.2) is 40.0 Å². The van der Waals surface area contributed by atoms with Crippen LogP contribution in [0.5, 0.6) is 40.2 Å². The summed E-state index contributed by atoms with van der Waals surface area (Å²) in [5.41, 5.74) is 2.98. The number of hydrogen-bond acceptors (Lipinski definition) is 16. The van der Waals surface area contributed by atoms with Crippen LogP contribution in [0.2, 0.25) is 0 Å². The van der Waals surface area contributed by atoms with Crippen molar-refractivity contribution >= 4 is 29.8 Å². The standard InChI is InChI=1S/C43H44N4O12S/c1-8-55-42(52)46-10-9-22-13-28(49)29(53-6)14-24(22)43(46)17-60-40-32-31(39-38(57-18-58-39)20(3)37(32)59-21(4)48)27(16-56-41(43)51)47-26(15-44)25-12-23-11-19(2)36(54-7)35(50)30(23)33(34(40)47)45(25)5/h8,11,13-14,25-27,33-34,40,49-50H,1,9-10,12,16-18H2,2-7H3/t25-,26+,27-,33-,34?,40-,43-/m1/s1. The molecule has 1 spiro atoms. The Hall–Kier alpha value is -5.83. The number of fused-ring (bicyclic) bond motifs is 9. The van der Waals surface area contributed by atoms with E-state index in [1.165, 1.54) is 43.9 Å². The Labute approximate surface area is 350 Å². The Kier molecular flexibility index (Phi) is 9.52. The monoisotopic (exact) mass is 840 g/mol. The molecule has 0 aromatic heterocycles. The lowest BCUT2D eigenvalue weighted by atomic mass is 9.71. The molecule has 60 heavy (non-hydrogen) atoms. The Morgan fingerprint density at radius 1 is 1.05 bits per heavy atom. The van der Waals surface area contributed by atoms with E-state index in [2.05, 4.69) is 22.4 Å². The van der Waals surface area contributed by atoms with Gasteiger partial charge in [-0.1, -0.05) is 12.6 Å². The van der Waals surface area contributed by atoms with Crippen molar-refractivity contribution < 1.29 is 57.8 Å². The van der Waals surface area contributed by atoms with E-state index < -0.39 is 53.0 Å². The van der Waals surface area contributed by atoms with Crippen LogP contribution < -0.4 is 23.7 Å². The normalized spacial score (nSPS) is 27.4. The van der Waals surface area contributed by atoms with Crippen LogP contribution >= 0.6 is 11.8 Å². The number of nitriles is 1. The molecule has 2 saturated heterocycles. The third kappa shape index (κ3) is 5.39. The van der Waals surface area contributed by atoms with E-state index in [0.29, 0.717) is 57.1 Å². The van der Waals surface area contributed by atoms with E-state index in [4.69, 9.17) is 33.2 Å². The highest BCUT2D eigenvalue weighted by Crippen LogP contribution is 2.65. The van der Waals surface area contributed by atoms with Gasteiger partial charge in [0, 0.05) is 53.6 Å². The van der Waals surface area contributed by atoms with Gasteiger partial charge in [0.2, 0.25) is 6.79 Å². The molecule has 2 fully saturated rings. The number of phenolic OH excluding ortho intramolecular Hbond substituents is 2. The molecule has 2 N–H and O–H groups in total. The van der Waals surface area contributed by atoms with Gasteiger partial charge in [-0.3, -0.25) is 19.5 Å². The zero-order valence-electron chi connectivity index (χ0n) is 33.9. The highest BCUT2D eigenvalue weighted by molar-refractivity contribution is 7.99. The molecule has 0 aliphatic carbocycles. The molecule has 1 unspecified atom stereocenters. The molecule has 314 valence electrons. The second kappa shape index (κ2) is 14.4. The number of aromatic hydroxyl groups is 2. The number of likely N-dealkylation sites (N-methyl/N-ethyl adjacent to an activating group) is 1. The highest BCUT2D eigenvalue weighted by Gasteiger charge is 2.63. The van der Waals surface area contributed by atoms with Gasteiger partial charge in [-0.2, -0.15) is 5.26 Å². The summed E-state index contributed by atoms with van der Waals surface area (Å²) in [6, 6.07) is 4.37. The Balaban J connectivity index is 1.36. The summed E-state index contributed by atoms with van der Waals surface area (Å²) in [6.45, 7) is 8.09. The van der Waals surface area contributed by atoms with Gasteiger partial charge < -0.3 is 43.4 Å². The van der Waals surface area contributed by atoms with Gasteiger partial charge in [-0.05, 0) is 68.1 Å². The number of rotatable bonds is 4. The van der Waals surface area contributed by atoms with Gasteiger partial charge in [-0.25, -0.2) is 9.59 Å². The summed E-state index contributed by atoms with van der Waals surface area (Å²) in [4.78, 5) is 47.9. The molecular formula is C43H44N4O12S. The quantitative estimate of drug-likeness (QED) is 0.203. The number of esters is 2. The van der Waals surface area contributed by atoms with E-state index in [9.17, 15) is 25.1 Å². The molecule has 10 rings (SSSR count). The molecule has 16 nitrogen and oxygen atoms in total. The van der Waals surface area contributed by atoms with E-state index in [1.54, 1.807) is 13.0 Å². The number of amides is 1. The van der Waals surface area contributed by atoms with E-state index in [0.717, 1.165) is 17.4 Å². The van der Waals surface area contributed by atoms with Crippen molar-refractivity contribution in [2.75, 3.05) is 47.0 Å². The Bertz CT molecular complexity index is 2440. The molecule has 7 heterocycles. The summed E-state index contributed by atoms with van der Waals surface area (Å²) in [6.07, 6.45) is 0.841. The number of methoxy groups -OCH3 is 2. The van der Waals surface area contributed by atoms with Crippen molar-refractivity contribution in [3.05, 3.63) is 75.5 Å². The lowest BCUT2D eigenvalue weighted by molar-refractivity contribution is -0.162. The molecule has 7 atom stereocenters. The molecule has 3 aromatic rings. The average Bonchev–Trinajstić information content (AvgIpc) is 3.71. The molecule has 3 aromatic carbocycles. The topological polar surface area (TPSA) is 190 Å². The second-order valence-electron chi connectivity index (χ2n) is 15.8. The number of thioether (sulfide) groups is 1. The molecule has 1 amide bonds. The van der Waals surface area contributed by atoms with Crippen molar-refractivity contribution in [2.45, 2.75) is 74.6 Å². The van der Waals surface area contributed by atoms with Crippen molar-refractivity contribution in [3.8, 4) is 46.3 Å². The average molecular weight is 841 g/mol. The zero-order valence-corrected chi connectivity index (χ0v) is 34.7. The van der Waals surface area contributed by atoms with E-state index >= 15 is 4.79 Å². The third-order valence-corrected chi connectivity index (χ3v) is 14.5. The van der Waals surface area contributed by atoms with Gasteiger partial charge in [0.1, 0.15) is 18.4 Å². The van der Waals surface area contributed by atoms with Gasteiger partial charge in [-0.15, -0.1) is 11.8 Å². The Morgan fingerprint density at radius 2 is 1.82 bits per heavy atom. The molecule has 0 radical (unpaired) electrons. The van der Waals surface area contributed by atoms with Crippen LogP contribution in [0.1, 0.15) is 68.8 Å². The Morgan fingerprint density at radius 3 is 2.52 bits per heavy atom. The van der Waals surface area contributed by atoms with Crippen molar-refractivity contribution in [2.24, 2.45) is 0 Å². The van der Waals surface area contributed by atoms with Gasteiger partial charge in [0.05, 0.1) is 43.9 Å². The maximum atomic E-state index is 15.3. The van der Waals surface area contributed by atoms with Gasteiger partial charge in [0.25, 0.3) is 0 Å². The number of aryl methyl sites for hydroxylation is 1. The fourth-order valence-corrected chi connectivity index (χ4v) is 12.4. The summed E-state index contributed by atoms with van der Waals surface area (Å²) in [5.74, 6) is -0.270. The number of benzene rings is 3. The molecule has 4 bridgehead atoms. The number of hydrogen-bond donors (Lipinski definition) is 2. The molecule has 7 aliphatic rings. The summed E-state index contributed by atoms with van der Waals surface area (Å²) in [7, 11) is 4.83. The van der Waals surface area contributed by atoms with Crippen LogP contribution in [-0.4, -0.2) is 108 Å². The van der Waals surface area contributed by atoms with Crippen LogP contribution in [-0.2, 0) is 37.4 Å². The van der Waals surface area contributed by atoms with Crippen LogP contribution in [0.4, 0.5) is 4.79 Å². The largest absolute Gasteiger partial charge is 0.504 e. The number of ether oxygens (including phenoxy) is 7.